The predicted octanol–water partition coefficient (Wildman–Crippen LogP) is 2.80. The molecule has 17 heavy (non-hydrogen) atoms. The number of benzene rings is 1. The summed E-state index contributed by atoms with van der Waals surface area (Å²) in [6.45, 7) is 2.85. The summed E-state index contributed by atoms with van der Waals surface area (Å²) in [6.07, 6.45) is 2.90. The zero-order valence-corrected chi connectivity index (χ0v) is 11.0. The molecule has 3 heteroatoms. The zero-order valence-electron chi connectivity index (χ0n) is 10.1. The first-order chi connectivity index (χ1) is 8.31. The Balaban J connectivity index is 2.03. The maximum atomic E-state index is 5.52. The van der Waals surface area contributed by atoms with Gasteiger partial charge in [0.25, 0.3) is 0 Å². The summed E-state index contributed by atoms with van der Waals surface area (Å²) < 4.78 is 0. The van der Waals surface area contributed by atoms with Gasteiger partial charge in [-0.05, 0) is 24.1 Å². The van der Waals surface area contributed by atoms with Crippen LogP contribution in [-0.2, 0) is 19.3 Å². The van der Waals surface area contributed by atoms with Gasteiger partial charge in [-0.25, -0.2) is 4.98 Å². The molecule has 0 atom stereocenters. The molecule has 90 valence electrons. The Labute approximate surface area is 107 Å². The van der Waals surface area contributed by atoms with Crippen molar-refractivity contribution in [2.24, 2.45) is 5.73 Å². The lowest BCUT2D eigenvalue weighted by molar-refractivity contribution is 0.936. The smallest absolute Gasteiger partial charge is 0.0940 e. The molecule has 2 rings (SSSR count). The van der Waals surface area contributed by atoms with E-state index in [4.69, 9.17) is 5.73 Å². The van der Waals surface area contributed by atoms with Gasteiger partial charge in [-0.1, -0.05) is 31.2 Å². The van der Waals surface area contributed by atoms with Gasteiger partial charge in [-0.3, -0.25) is 0 Å². The third-order valence-electron chi connectivity index (χ3n) is 2.77. The van der Waals surface area contributed by atoms with Crippen molar-refractivity contribution in [3.8, 4) is 0 Å². The second kappa shape index (κ2) is 5.94. The molecule has 0 unspecified atom stereocenters. The third kappa shape index (κ3) is 3.38. The molecule has 1 aromatic heterocycles. The number of rotatable bonds is 5. The second-order valence-electron chi connectivity index (χ2n) is 4.12. The molecular formula is C14H18N2S. The standard InChI is InChI=1S/C14H18N2S/c1-2-11-3-5-12(6-4-11)9-13-10-17-14(16-13)7-8-15/h3-6,10H,2,7-9,15H2,1H3. The van der Waals surface area contributed by atoms with Gasteiger partial charge in [-0.2, -0.15) is 0 Å². The predicted molar refractivity (Wildman–Crippen MR) is 73.5 cm³/mol. The number of aryl methyl sites for hydroxylation is 1. The number of hydrogen-bond donors (Lipinski definition) is 1. The Kier molecular flexibility index (Phi) is 4.29. The normalized spacial score (nSPS) is 10.7. The minimum absolute atomic E-state index is 0.679. The highest BCUT2D eigenvalue weighted by atomic mass is 32.1. The minimum Gasteiger partial charge on any atom is -0.330 e. The van der Waals surface area contributed by atoms with Gasteiger partial charge in [0.05, 0.1) is 10.7 Å². The maximum Gasteiger partial charge on any atom is 0.0940 e. The molecule has 2 N–H and O–H groups in total. The van der Waals surface area contributed by atoms with Crippen LogP contribution in [0, 0.1) is 0 Å². The van der Waals surface area contributed by atoms with Crippen molar-refractivity contribution < 1.29 is 0 Å². The van der Waals surface area contributed by atoms with Crippen molar-refractivity contribution in [1.29, 1.82) is 0 Å². The molecule has 0 saturated heterocycles. The van der Waals surface area contributed by atoms with E-state index in [1.165, 1.54) is 11.1 Å². The lowest BCUT2D eigenvalue weighted by Gasteiger charge is -2.00. The van der Waals surface area contributed by atoms with E-state index in [2.05, 4.69) is 41.6 Å². The topological polar surface area (TPSA) is 38.9 Å². The fourth-order valence-electron chi connectivity index (χ4n) is 1.77. The van der Waals surface area contributed by atoms with Crippen molar-refractivity contribution in [1.82, 2.24) is 4.98 Å². The van der Waals surface area contributed by atoms with E-state index in [9.17, 15) is 0 Å². The minimum atomic E-state index is 0.679. The maximum absolute atomic E-state index is 5.52. The number of hydrogen-bond acceptors (Lipinski definition) is 3. The first kappa shape index (κ1) is 12.3. The monoisotopic (exact) mass is 246 g/mol. The summed E-state index contributed by atoms with van der Waals surface area (Å²) >= 11 is 1.71. The molecule has 2 aromatic rings. The molecule has 0 amide bonds. The molecule has 0 radical (unpaired) electrons. The van der Waals surface area contributed by atoms with Gasteiger partial charge in [0.15, 0.2) is 0 Å². The molecule has 1 heterocycles. The Hall–Kier alpha value is -1.19. The largest absolute Gasteiger partial charge is 0.330 e. The summed E-state index contributed by atoms with van der Waals surface area (Å²) in [6, 6.07) is 8.78. The van der Waals surface area contributed by atoms with Crippen LogP contribution in [0.2, 0.25) is 0 Å². The number of nitrogens with zero attached hydrogens (tertiary/aromatic N) is 1. The Morgan fingerprint density at radius 1 is 1.18 bits per heavy atom. The van der Waals surface area contributed by atoms with Crippen LogP contribution in [0.4, 0.5) is 0 Å². The molecule has 0 aliphatic rings. The summed E-state index contributed by atoms with van der Waals surface area (Å²) in [5, 5.41) is 3.28. The summed E-state index contributed by atoms with van der Waals surface area (Å²) in [5.74, 6) is 0. The molecule has 0 saturated carbocycles. The quantitative estimate of drug-likeness (QED) is 0.881. The lowest BCUT2D eigenvalue weighted by atomic mass is 10.1. The molecule has 0 aliphatic heterocycles. The van der Waals surface area contributed by atoms with Crippen molar-refractivity contribution >= 4 is 11.3 Å². The molecule has 0 fully saturated rings. The van der Waals surface area contributed by atoms with Crippen LogP contribution in [-0.4, -0.2) is 11.5 Å². The van der Waals surface area contributed by atoms with E-state index in [1.807, 2.05) is 0 Å². The Morgan fingerprint density at radius 2 is 1.88 bits per heavy atom. The fourth-order valence-corrected chi connectivity index (χ4v) is 2.58. The fraction of sp³-hybridized carbons (Fsp3) is 0.357. The molecule has 1 aromatic carbocycles. The highest BCUT2D eigenvalue weighted by molar-refractivity contribution is 7.09. The average Bonchev–Trinajstić information content (AvgIpc) is 2.78. The van der Waals surface area contributed by atoms with Gasteiger partial charge in [0.2, 0.25) is 0 Å². The molecule has 0 bridgehead atoms. The molecule has 0 spiro atoms. The number of thiazole rings is 1. The van der Waals surface area contributed by atoms with Gasteiger partial charge in [0, 0.05) is 18.2 Å². The van der Waals surface area contributed by atoms with Crippen LogP contribution >= 0.6 is 11.3 Å². The second-order valence-corrected chi connectivity index (χ2v) is 5.06. The van der Waals surface area contributed by atoms with Gasteiger partial charge < -0.3 is 5.73 Å². The van der Waals surface area contributed by atoms with Crippen molar-refractivity contribution in [2.75, 3.05) is 6.54 Å². The highest BCUT2D eigenvalue weighted by Gasteiger charge is 2.02. The van der Waals surface area contributed by atoms with E-state index in [-0.39, 0.29) is 0 Å². The summed E-state index contributed by atoms with van der Waals surface area (Å²) in [5.41, 5.74) is 9.39. The first-order valence-corrected chi connectivity index (χ1v) is 6.91. The number of nitrogens with two attached hydrogens (primary N) is 1. The van der Waals surface area contributed by atoms with Crippen LogP contribution < -0.4 is 5.73 Å². The van der Waals surface area contributed by atoms with Gasteiger partial charge in [-0.15, -0.1) is 11.3 Å². The van der Waals surface area contributed by atoms with E-state index in [0.717, 1.165) is 30.0 Å². The average molecular weight is 246 g/mol. The van der Waals surface area contributed by atoms with Crippen LogP contribution in [0.5, 0.6) is 0 Å². The summed E-state index contributed by atoms with van der Waals surface area (Å²) in [4.78, 5) is 4.58. The Bertz CT molecular complexity index is 459. The van der Waals surface area contributed by atoms with Crippen LogP contribution in [0.15, 0.2) is 29.6 Å². The molecule has 0 aliphatic carbocycles. The van der Waals surface area contributed by atoms with E-state index in [1.54, 1.807) is 11.3 Å². The van der Waals surface area contributed by atoms with Gasteiger partial charge >= 0.3 is 0 Å². The van der Waals surface area contributed by atoms with Gasteiger partial charge in [0.1, 0.15) is 0 Å². The van der Waals surface area contributed by atoms with E-state index >= 15 is 0 Å². The highest BCUT2D eigenvalue weighted by Crippen LogP contribution is 2.15. The Morgan fingerprint density at radius 3 is 2.53 bits per heavy atom. The SMILES string of the molecule is CCc1ccc(Cc2csc(CCN)n2)cc1. The van der Waals surface area contributed by atoms with E-state index < -0.39 is 0 Å². The van der Waals surface area contributed by atoms with Crippen LogP contribution in [0.3, 0.4) is 0 Å². The van der Waals surface area contributed by atoms with Crippen LogP contribution in [0.1, 0.15) is 28.8 Å². The first-order valence-electron chi connectivity index (χ1n) is 6.03. The molecular weight excluding hydrogens is 228 g/mol. The number of aromatic nitrogens is 1. The van der Waals surface area contributed by atoms with Crippen LogP contribution in [0.25, 0.3) is 0 Å². The van der Waals surface area contributed by atoms with E-state index in [0.29, 0.717) is 6.54 Å². The molecule has 2 nitrogen and oxygen atoms in total. The lowest BCUT2D eigenvalue weighted by Crippen LogP contribution is -2.02. The van der Waals surface area contributed by atoms with Crippen molar-refractivity contribution in [3.05, 3.63) is 51.5 Å². The van der Waals surface area contributed by atoms with Crippen molar-refractivity contribution in [2.45, 2.75) is 26.2 Å². The summed E-state index contributed by atoms with van der Waals surface area (Å²) in [7, 11) is 0. The third-order valence-corrected chi connectivity index (χ3v) is 3.73. The zero-order chi connectivity index (χ0) is 12.1. The van der Waals surface area contributed by atoms with Crippen molar-refractivity contribution in [3.63, 3.8) is 0 Å².